The summed E-state index contributed by atoms with van der Waals surface area (Å²) in [7, 11) is -1.42. The van der Waals surface area contributed by atoms with Crippen molar-refractivity contribution >= 4 is 9.84 Å². The lowest BCUT2D eigenvalue weighted by Crippen LogP contribution is -2.10. The van der Waals surface area contributed by atoms with Crippen LogP contribution in [0, 0.1) is 0 Å². The van der Waals surface area contributed by atoms with Gasteiger partial charge in [0.1, 0.15) is 30.8 Å². The van der Waals surface area contributed by atoms with E-state index < -0.39 is 9.84 Å². The summed E-state index contributed by atoms with van der Waals surface area (Å²) in [6.45, 7) is 0.371. The maximum absolute atomic E-state index is 11.9. The van der Waals surface area contributed by atoms with Gasteiger partial charge in [0.2, 0.25) is 0 Å². The van der Waals surface area contributed by atoms with Crippen molar-refractivity contribution in [3.8, 4) is 11.4 Å². The van der Waals surface area contributed by atoms with Crippen LogP contribution in [-0.4, -0.2) is 56.6 Å². The molecule has 1 fully saturated rings. The molecule has 1 aromatic carbocycles. The average molecular weight is 374 g/mol. The summed E-state index contributed by atoms with van der Waals surface area (Å²) in [6.07, 6.45) is 3.60. The van der Waals surface area contributed by atoms with Gasteiger partial charge in [0.05, 0.1) is 24.3 Å². The molecule has 0 amide bonds. The molecule has 2 aromatic heterocycles. The lowest BCUT2D eigenvalue weighted by molar-refractivity contribution is 0.414. The summed E-state index contributed by atoms with van der Waals surface area (Å²) in [5, 5.41) is 8.65. The summed E-state index contributed by atoms with van der Waals surface area (Å²) in [5.41, 5.74) is 0.808. The molecule has 136 valence electrons. The van der Waals surface area contributed by atoms with Crippen molar-refractivity contribution in [1.82, 2.24) is 29.5 Å². The van der Waals surface area contributed by atoms with Gasteiger partial charge >= 0.3 is 0 Å². The van der Waals surface area contributed by atoms with Crippen molar-refractivity contribution in [2.45, 2.75) is 18.9 Å². The van der Waals surface area contributed by atoms with Gasteiger partial charge in [-0.05, 0) is 30.7 Å². The maximum Gasteiger partial charge on any atom is 0.172 e. The minimum atomic E-state index is -3.02. The van der Waals surface area contributed by atoms with Gasteiger partial charge in [-0.15, -0.1) is 5.10 Å². The third-order valence-corrected chi connectivity index (χ3v) is 6.13. The fourth-order valence-corrected chi connectivity index (χ4v) is 4.81. The molecular weight excluding hydrogens is 356 g/mol. The molecule has 0 saturated carbocycles. The second-order valence-corrected chi connectivity index (χ2v) is 8.42. The van der Waals surface area contributed by atoms with Gasteiger partial charge in [-0.2, -0.15) is 5.10 Å². The lowest BCUT2D eigenvalue weighted by atomic mass is 10.1. The minimum absolute atomic E-state index is 0.102. The van der Waals surface area contributed by atoms with Gasteiger partial charge in [-0.1, -0.05) is 0 Å². The van der Waals surface area contributed by atoms with Crippen molar-refractivity contribution < 1.29 is 13.2 Å². The van der Waals surface area contributed by atoms with Crippen molar-refractivity contribution in [1.29, 1.82) is 0 Å². The Bertz CT molecular complexity index is 995. The van der Waals surface area contributed by atoms with Crippen LogP contribution in [0.2, 0.25) is 0 Å². The Morgan fingerprint density at radius 2 is 2.08 bits per heavy atom. The van der Waals surface area contributed by atoms with Crippen LogP contribution in [0.1, 0.15) is 24.0 Å². The molecule has 0 bridgehead atoms. The molecule has 9 nitrogen and oxygen atoms in total. The zero-order valence-electron chi connectivity index (χ0n) is 14.2. The second-order valence-electron chi connectivity index (χ2n) is 6.19. The van der Waals surface area contributed by atoms with E-state index in [4.69, 9.17) is 4.74 Å². The van der Waals surface area contributed by atoms with Crippen LogP contribution in [0.4, 0.5) is 0 Å². The molecule has 0 aliphatic carbocycles. The van der Waals surface area contributed by atoms with E-state index in [-0.39, 0.29) is 17.4 Å². The highest BCUT2D eigenvalue weighted by molar-refractivity contribution is 7.91. The molecular formula is C16H18N6O3S. The van der Waals surface area contributed by atoms with E-state index in [0.717, 1.165) is 11.4 Å². The first-order valence-electron chi connectivity index (χ1n) is 8.17. The summed E-state index contributed by atoms with van der Waals surface area (Å²) in [6, 6.07) is 7.42. The van der Waals surface area contributed by atoms with Gasteiger partial charge < -0.3 is 4.74 Å². The first-order valence-corrected chi connectivity index (χ1v) is 9.99. The minimum Gasteiger partial charge on any atom is -0.497 e. The first-order chi connectivity index (χ1) is 12.5. The van der Waals surface area contributed by atoms with Gasteiger partial charge in [0, 0.05) is 5.92 Å². The molecule has 3 aromatic rings. The van der Waals surface area contributed by atoms with E-state index in [9.17, 15) is 8.42 Å². The van der Waals surface area contributed by atoms with E-state index in [2.05, 4.69) is 20.2 Å². The Hall–Kier alpha value is -2.75. The van der Waals surface area contributed by atoms with Crippen molar-refractivity contribution in [3.63, 3.8) is 0 Å². The Labute approximate surface area is 150 Å². The normalized spacial score (nSPS) is 18.9. The quantitative estimate of drug-likeness (QED) is 0.651. The Kier molecular flexibility index (Phi) is 4.19. The average Bonchev–Trinajstić information content (AvgIpc) is 3.35. The third kappa shape index (κ3) is 3.32. The van der Waals surface area contributed by atoms with Crippen LogP contribution < -0.4 is 4.74 Å². The second kappa shape index (κ2) is 6.52. The largest absolute Gasteiger partial charge is 0.497 e. The first kappa shape index (κ1) is 16.7. The smallest absolute Gasteiger partial charge is 0.172 e. The molecule has 0 unspecified atom stereocenters. The van der Waals surface area contributed by atoms with E-state index in [1.165, 1.54) is 6.33 Å². The van der Waals surface area contributed by atoms with Crippen LogP contribution in [0.3, 0.4) is 0 Å². The fraction of sp³-hybridized carbons (Fsp3) is 0.375. The molecule has 0 radical (unpaired) electrons. The van der Waals surface area contributed by atoms with E-state index in [0.29, 0.717) is 24.6 Å². The van der Waals surface area contributed by atoms with Gasteiger partial charge in [-0.25, -0.2) is 27.7 Å². The van der Waals surface area contributed by atoms with Crippen LogP contribution >= 0.6 is 0 Å². The van der Waals surface area contributed by atoms with Crippen molar-refractivity contribution in [2.75, 3.05) is 18.6 Å². The van der Waals surface area contributed by atoms with Crippen LogP contribution in [0.25, 0.3) is 5.69 Å². The number of sulfone groups is 1. The summed E-state index contributed by atoms with van der Waals surface area (Å²) in [4.78, 5) is 8.54. The number of aromatic nitrogens is 6. The molecule has 10 heteroatoms. The van der Waals surface area contributed by atoms with Crippen LogP contribution in [0.5, 0.6) is 5.75 Å². The Morgan fingerprint density at radius 3 is 2.69 bits per heavy atom. The molecule has 1 aliphatic heterocycles. The summed E-state index contributed by atoms with van der Waals surface area (Å²) >= 11 is 0. The van der Waals surface area contributed by atoms with Gasteiger partial charge in [0.25, 0.3) is 0 Å². The van der Waals surface area contributed by atoms with Crippen molar-refractivity contribution in [3.05, 3.63) is 48.6 Å². The molecule has 1 saturated heterocycles. The molecule has 26 heavy (non-hydrogen) atoms. The van der Waals surface area contributed by atoms with Gasteiger partial charge in [-0.3, -0.25) is 0 Å². The topological polar surface area (TPSA) is 105 Å². The predicted octanol–water partition coefficient (Wildman–Crippen LogP) is 0.818. The Morgan fingerprint density at radius 1 is 1.27 bits per heavy atom. The SMILES string of the molecule is COc1ccc(-n2nc(Cn3cncn3)nc2[C@@H]2CCS(=O)(=O)C2)cc1. The monoisotopic (exact) mass is 374 g/mol. The number of benzene rings is 1. The maximum atomic E-state index is 11.9. The van der Waals surface area contributed by atoms with Gasteiger partial charge in [0.15, 0.2) is 15.7 Å². The summed E-state index contributed by atoms with van der Waals surface area (Å²) < 4.78 is 32.4. The zero-order chi connectivity index (χ0) is 18.1. The number of nitrogens with zero attached hydrogens (tertiary/aromatic N) is 6. The molecule has 0 spiro atoms. The lowest BCUT2D eigenvalue weighted by Gasteiger charge is -2.10. The number of ether oxygens (including phenoxy) is 1. The molecule has 3 heterocycles. The van der Waals surface area contributed by atoms with Crippen LogP contribution in [-0.2, 0) is 16.4 Å². The predicted molar refractivity (Wildman–Crippen MR) is 93.0 cm³/mol. The fourth-order valence-electron chi connectivity index (χ4n) is 3.07. The highest BCUT2D eigenvalue weighted by atomic mass is 32.2. The van der Waals surface area contributed by atoms with E-state index in [1.807, 2.05) is 24.3 Å². The molecule has 1 atom stereocenters. The molecule has 0 N–H and O–H groups in total. The third-order valence-electron chi connectivity index (χ3n) is 4.36. The number of rotatable bonds is 5. The molecule has 4 rings (SSSR count). The Balaban J connectivity index is 1.73. The van der Waals surface area contributed by atoms with E-state index in [1.54, 1.807) is 22.8 Å². The molecule has 1 aliphatic rings. The highest BCUT2D eigenvalue weighted by Crippen LogP contribution is 2.29. The number of hydrogen-bond acceptors (Lipinski definition) is 7. The number of methoxy groups -OCH3 is 1. The summed E-state index contributed by atoms with van der Waals surface area (Å²) in [5.74, 6) is 2.08. The highest BCUT2D eigenvalue weighted by Gasteiger charge is 2.33. The standard InChI is InChI=1S/C16H18N6O3S/c1-25-14-4-2-13(3-5-14)22-16(12-6-7-26(23,24)9-12)19-15(20-22)8-21-11-17-10-18-21/h2-5,10-12H,6-9H2,1H3/t12-/m1/s1. The zero-order valence-corrected chi connectivity index (χ0v) is 15.0. The number of hydrogen-bond donors (Lipinski definition) is 0. The van der Waals surface area contributed by atoms with E-state index >= 15 is 0 Å². The van der Waals surface area contributed by atoms with Crippen molar-refractivity contribution in [2.24, 2.45) is 0 Å². The van der Waals surface area contributed by atoms with Crippen LogP contribution in [0.15, 0.2) is 36.9 Å².